The van der Waals surface area contributed by atoms with Crippen LogP contribution in [0.3, 0.4) is 0 Å². The number of benzene rings is 1. The molecule has 0 bridgehead atoms. The van der Waals surface area contributed by atoms with Gasteiger partial charge in [-0.15, -0.1) is 0 Å². The number of hydrogen-bond acceptors (Lipinski definition) is 2. The summed E-state index contributed by atoms with van der Waals surface area (Å²) < 4.78 is 5.22. The maximum absolute atomic E-state index is 11.6. The van der Waals surface area contributed by atoms with Gasteiger partial charge in [0.25, 0.3) is 0 Å². The van der Waals surface area contributed by atoms with E-state index in [9.17, 15) is 4.79 Å². The van der Waals surface area contributed by atoms with Crippen LogP contribution in [0.25, 0.3) is 0 Å². The summed E-state index contributed by atoms with van der Waals surface area (Å²) in [6.07, 6.45) is 0.260. The Morgan fingerprint density at radius 1 is 1.31 bits per heavy atom. The Kier molecular flexibility index (Phi) is 5.26. The Morgan fingerprint density at radius 2 is 1.88 bits per heavy atom. The van der Waals surface area contributed by atoms with Crippen LogP contribution >= 0.6 is 23.2 Å². The van der Waals surface area contributed by atoms with Crippen LogP contribution in [-0.4, -0.2) is 18.5 Å². The SMILES string of the molecule is CC(C)OCC(=O)Cc1c(Cl)cccc1Cl. The second-order valence-corrected chi connectivity index (χ2v) is 4.59. The molecule has 16 heavy (non-hydrogen) atoms. The standard InChI is InChI=1S/C12H14Cl2O2/c1-8(2)16-7-9(15)6-10-11(13)4-3-5-12(10)14/h3-5,8H,6-7H2,1-2H3. The molecule has 0 unspecified atom stereocenters. The number of carbonyl (C=O) groups excluding carboxylic acids is 1. The molecule has 4 heteroatoms. The molecule has 0 radical (unpaired) electrons. The smallest absolute Gasteiger partial charge is 0.162 e. The van der Waals surface area contributed by atoms with Gasteiger partial charge >= 0.3 is 0 Å². The number of hydrogen-bond donors (Lipinski definition) is 0. The summed E-state index contributed by atoms with van der Waals surface area (Å²) in [6.45, 7) is 3.87. The Hall–Kier alpha value is -0.570. The Labute approximate surface area is 106 Å². The zero-order valence-electron chi connectivity index (χ0n) is 9.30. The van der Waals surface area contributed by atoms with E-state index in [-0.39, 0.29) is 24.9 Å². The molecule has 0 atom stereocenters. The third-order valence-electron chi connectivity index (χ3n) is 2.01. The molecule has 1 aromatic rings. The van der Waals surface area contributed by atoms with Crippen LogP contribution in [0, 0.1) is 0 Å². The predicted molar refractivity (Wildman–Crippen MR) is 66.3 cm³/mol. The van der Waals surface area contributed by atoms with Gasteiger partial charge in [0, 0.05) is 16.5 Å². The van der Waals surface area contributed by atoms with Crippen molar-refractivity contribution in [2.45, 2.75) is 26.4 Å². The van der Waals surface area contributed by atoms with Gasteiger partial charge in [0.1, 0.15) is 6.61 Å². The quantitative estimate of drug-likeness (QED) is 0.810. The van der Waals surface area contributed by atoms with Gasteiger partial charge in [-0.05, 0) is 31.5 Å². The molecule has 1 rings (SSSR count). The number of rotatable bonds is 5. The number of halogens is 2. The zero-order valence-corrected chi connectivity index (χ0v) is 10.8. The first-order valence-corrected chi connectivity index (χ1v) is 5.82. The Morgan fingerprint density at radius 3 is 2.38 bits per heavy atom. The normalized spacial score (nSPS) is 10.8. The monoisotopic (exact) mass is 260 g/mol. The predicted octanol–water partition coefficient (Wildman–Crippen LogP) is 3.53. The highest BCUT2D eigenvalue weighted by Gasteiger charge is 2.11. The number of ether oxygens (including phenoxy) is 1. The van der Waals surface area contributed by atoms with Crippen LogP contribution in [0.2, 0.25) is 10.0 Å². The molecule has 0 saturated heterocycles. The minimum atomic E-state index is -0.0244. The van der Waals surface area contributed by atoms with Crippen LogP contribution in [0.1, 0.15) is 19.4 Å². The molecule has 0 spiro atoms. The van der Waals surface area contributed by atoms with E-state index in [4.69, 9.17) is 27.9 Å². The van der Waals surface area contributed by atoms with E-state index in [0.717, 1.165) is 0 Å². The second kappa shape index (κ2) is 6.24. The molecular weight excluding hydrogens is 247 g/mol. The number of ketones is 1. The lowest BCUT2D eigenvalue weighted by molar-refractivity contribution is -0.124. The van der Waals surface area contributed by atoms with Crippen molar-refractivity contribution in [3.8, 4) is 0 Å². The fourth-order valence-corrected chi connectivity index (χ4v) is 1.74. The van der Waals surface area contributed by atoms with Crippen LogP contribution < -0.4 is 0 Å². The largest absolute Gasteiger partial charge is 0.371 e. The molecule has 0 N–H and O–H groups in total. The van der Waals surface area contributed by atoms with Crippen molar-refractivity contribution < 1.29 is 9.53 Å². The van der Waals surface area contributed by atoms with E-state index >= 15 is 0 Å². The summed E-state index contributed by atoms with van der Waals surface area (Å²) >= 11 is 11.9. The number of Topliss-reactive ketones (excluding diaryl/α,β-unsaturated/α-hetero) is 1. The van der Waals surface area contributed by atoms with E-state index in [2.05, 4.69) is 0 Å². The summed E-state index contributed by atoms with van der Waals surface area (Å²) in [5, 5.41) is 1.04. The maximum atomic E-state index is 11.6. The molecule has 0 aliphatic carbocycles. The van der Waals surface area contributed by atoms with Gasteiger partial charge in [-0.25, -0.2) is 0 Å². The van der Waals surface area contributed by atoms with Crippen LogP contribution in [-0.2, 0) is 16.0 Å². The summed E-state index contributed by atoms with van der Waals surface area (Å²) in [5.74, 6) is -0.0244. The first-order chi connectivity index (χ1) is 7.50. The average molecular weight is 261 g/mol. The van der Waals surface area contributed by atoms with Crippen molar-refractivity contribution in [1.29, 1.82) is 0 Å². The lowest BCUT2D eigenvalue weighted by Crippen LogP contribution is -2.15. The summed E-state index contributed by atoms with van der Waals surface area (Å²) in [4.78, 5) is 11.6. The summed E-state index contributed by atoms with van der Waals surface area (Å²) in [7, 11) is 0. The molecule has 0 aromatic heterocycles. The highest BCUT2D eigenvalue weighted by Crippen LogP contribution is 2.24. The topological polar surface area (TPSA) is 26.3 Å². The van der Waals surface area contributed by atoms with Crippen molar-refractivity contribution in [3.63, 3.8) is 0 Å². The van der Waals surface area contributed by atoms with Gasteiger partial charge in [0.05, 0.1) is 6.10 Å². The fourth-order valence-electron chi connectivity index (χ4n) is 1.21. The van der Waals surface area contributed by atoms with Crippen molar-refractivity contribution in [2.75, 3.05) is 6.61 Å². The maximum Gasteiger partial charge on any atom is 0.162 e. The van der Waals surface area contributed by atoms with Crippen molar-refractivity contribution in [3.05, 3.63) is 33.8 Å². The van der Waals surface area contributed by atoms with Crippen LogP contribution in [0.15, 0.2) is 18.2 Å². The molecule has 88 valence electrons. The third-order valence-corrected chi connectivity index (χ3v) is 2.72. The van der Waals surface area contributed by atoms with Crippen molar-refractivity contribution in [1.82, 2.24) is 0 Å². The molecule has 1 aromatic carbocycles. The first-order valence-electron chi connectivity index (χ1n) is 5.07. The van der Waals surface area contributed by atoms with E-state index in [1.54, 1.807) is 18.2 Å². The van der Waals surface area contributed by atoms with E-state index in [0.29, 0.717) is 15.6 Å². The fraction of sp³-hybridized carbons (Fsp3) is 0.417. The molecular formula is C12H14Cl2O2. The molecule has 0 heterocycles. The third kappa shape index (κ3) is 4.12. The first kappa shape index (κ1) is 13.5. The molecule has 0 fully saturated rings. The zero-order chi connectivity index (χ0) is 12.1. The molecule has 0 saturated carbocycles. The summed E-state index contributed by atoms with van der Waals surface area (Å²) in [6, 6.07) is 5.20. The van der Waals surface area contributed by atoms with Crippen LogP contribution in [0.4, 0.5) is 0 Å². The van der Waals surface area contributed by atoms with Crippen molar-refractivity contribution in [2.24, 2.45) is 0 Å². The second-order valence-electron chi connectivity index (χ2n) is 3.78. The van der Waals surface area contributed by atoms with Gasteiger partial charge in [-0.3, -0.25) is 4.79 Å². The Balaban J connectivity index is 2.63. The summed E-state index contributed by atoms with van der Waals surface area (Å²) in [5.41, 5.74) is 0.670. The van der Waals surface area contributed by atoms with Gasteiger partial charge in [0.15, 0.2) is 5.78 Å². The highest BCUT2D eigenvalue weighted by molar-refractivity contribution is 6.36. The molecule has 2 nitrogen and oxygen atoms in total. The van der Waals surface area contributed by atoms with Gasteiger partial charge in [-0.1, -0.05) is 29.3 Å². The van der Waals surface area contributed by atoms with E-state index in [1.807, 2.05) is 13.8 Å². The minimum Gasteiger partial charge on any atom is -0.371 e. The minimum absolute atomic E-state index is 0.0244. The van der Waals surface area contributed by atoms with Crippen molar-refractivity contribution >= 4 is 29.0 Å². The lowest BCUT2D eigenvalue weighted by atomic mass is 10.1. The molecule has 0 amide bonds. The Bertz CT molecular complexity index is 355. The van der Waals surface area contributed by atoms with E-state index in [1.165, 1.54) is 0 Å². The number of carbonyl (C=O) groups is 1. The van der Waals surface area contributed by atoms with Crippen LogP contribution in [0.5, 0.6) is 0 Å². The molecule has 0 aliphatic heterocycles. The molecule has 0 aliphatic rings. The average Bonchev–Trinajstić information content (AvgIpc) is 2.21. The van der Waals surface area contributed by atoms with E-state index < -0.39 is 0 Å². The van der Waals surface area contributed by atoms with Gasteiger partial charge in [0.2, 0.25) is 0 Å². The van der Waals surface area contributed by atoms with Gasteiger partial charge < -0.3 is 4.74 Å². The van der Waals surface area contributed by atoms with Gasteiger partial charge in [-0.2, -0.15) is 0 Å². The highest BCUT2D eigenvalue weighted by atomic mass is 35.5. The lowest BCUT2D eigenvalue weighted by Gasteiger charge is -2.08.